The Morgan fingerprint density at radius 1 is 1.54 bits per heavy atom. The maximum atomic E-state index is 9.13. The summed E-state index contributed by atoms with van der Waals surface area (Å²) in [4.78, 5) is 0. The number of aliphatic hydroxyl groups excluding tert-OH is 1. The van der Waals surface area contributed by atoms with Gasteiger partial charge in [-0.25, -0.2) is 0 Å². The fourth-order valence-electron chi connectivity index (χ4n) is 1.88. The molecule has 1 unspecified atom stereocenters. The van der Waals surface area contributed by atoms with E-state index in [1.807, 2.05) is 18.2 Å². The minimum atomic E-state index is 0.0623. The van der Waals surface area contributed by atoms with Crippen molar-refractivity contribution in [3.05, 3.63) is 29.3 Å². The SMILES string of the molecule is Nc1cccc2c1CCNC2CO. The third-order valence-corrected chi connectivity index (χ3v) is 2.57. The number of hydrogen-bond acceptors (Lipinski definition) is 3. The highest BCUT2D eigenvalue weighted by atomic mass is 16.3. The lowest BCUT2D eigenvalue weighted by atomic mass is 9.93. The van der Waals surface area contributed by atoms with E-state index < -0.39 is 0 Å². The molecule has 70 valence electrons. The lowest BCUT2D eigenvalue weighted by molar-refractivity contribution is 0.240. The highest BCUT2D eigenvalue weighted by Crippen LogP contribution is 2.26. The molecule has 0 saturated carbocycles. The van der Waals surface area contributed by atoms with Crippen LogP contribution in [0.1, 0.15) is 17.2 Å². The Kier molecular flexibility index (Phi) is 2.20. The summed E-state index contributed by atoms with van der Waals surface area (Å²) in [6.45, 7) is 1.03. The number of hydrogen-bond donors (Lipinski definition) is 3. The molecule has 4 N–H and O–H groups in total. The van der Waals surface area contributed by atoms with Crippen LogP contribution in [0.4, 0.5) is 5.69 Å². The van der Waals surface area contributed by atoms with Gasteiger partial charge in [-0.3, -0.25) is 0 Å². The molecule has 13 heavy (non-hydrogen) atoms. The predicted molar refractivity (Wildman–Crippen MR) is 52.4 cm³/mol. The highest BCUT2D eigenvalue weighted by Gasteiger charge is 2.19. The van der Waals surface area contributed by atoms with Crippen LogP contribution in [-0.2, 0) is 6.42 Å². The number of benzene rings is 1. The Balaban J connectivity index is 2.45. The van der Waals surface area contributed by atoms with Crippen molar-refractivity contribution in [2.75, 3.05) is 18.9 Å². The topological polar surface area (TPSA) is 58.3 Å². The summed E-state index contributed by atoms with van der Waals surface area (Å²) in [5.41, 5.74) is 9.04. The highest BCUT2D eigenvalue weighted by molar-refractivity contribution is 5.53. The number of rotatable bonds is 1. The van der Waals surface area contributed by atoms with E-state index in [2.05, 4.69) is 5.32 Å². The van der Waals surface area contributed by atoms with Gasteiger partial charge in [-0.1, -0.05) is 12.1 Å². The number of aliphatic hydroxyl groups is 1. The molecule has 0 aliphatic carbocycles. The number of nitrogens with two attached hydrogens (primary N) is 1. The minimum Gasteiger partial charge on any atom is -0.398 e. The van der Waals surface area contributed by atoms with Crippen LogP contribution < -0.4 is 11.1 Å². The molecular formula is C10H14N2O. The second-order valence-electron chi connectivity index (χ2n) is 3.35. The van der Waals surface area contributed by atoms with E-state index in [0.717, 1.165) is 24.2 Å². The third-order valence-electron chi connectivity index (χ3n) is 2.57. The standard InChI is InChI=1S/C10H14N2O/c11-9-3-1-2-8-7(9)4-5-12-10(8)6-13/h1-3,10,12-13H,4-6,11H2. The van der Waals surface area contributed by atoms with E-state index in [9.17, 15) is 0 Å². The maximum Gasteiger partial charge on any atom is 0.0626 e. The fraction of sp³-hybridized carbons (Fsp3) is 0.400. The summed E-state index contributed by atoms with van der Waals surface area (Å²) in [6, 6.07) is 5.94. The van der Waals surface area contributed by atoms with Gasteiger partial charge in [0.1, 0.15) is 0 Å². The van der Waals surface area contributed by atoms with Crippen LogP contribution in [0.5, 0.6) is 0 Å². The number of nitrogen functional groups attached to an aromatic ring is 1. The van der Waals surface area contributed by atoms with Crippen LogP contribution in [0.15, 0.2) is 18.2 Å². The van der Waals surface area contributed by atoms with Crippen molar-refractivity contribution >= 4 is 5.69 Å². The largest absolute Gasteiger partial charge is 0.398 e. The zero-order valence-electron chi connectivity index (χ0n) is 7.46. The lowest BCUT2D eigenvalue weighted by Gasteiger charge is -2.26. The fourth-order valence-corrected chi connectivity index (χ4v) is 1.88. The van der Waals surface area contributed by atoms with Crippen LogP contribution in [0.2, 0.25) is 0 Å². The molecule has 0 fully saturated rings. The number of fused-ring (bicyclic) bond motifs is 1. The molecule has 3 nitrogen and oxygen atoms in total. The first-order valence-electron chi connectivity index (χ1n) is 4.54. The lowest BCUT2D eigenvalue weighted by Crippen LogP contribution is -2.32. The smallest absolute Gasteiger partial charge is 0.0626 e. The van der Waals surface area contributed by atoms with Crippen LogP contribution >= 0.6 is 0 Å². The van der Waals surface area contributed by atoms with Gasteiger partial charge < -0.3 is 16.2 Å². The monoisotopic (exact) mass is 178 g/mol. The predicted octanol–water partition coefficient (Wildman–Crippen LogP) is 0.448. The Morgan fingerprint density at radius 2 is 2.38 bits per heavy atom. The van der Waals surface area contributed by atoms with E-state index in [-0.39, 0.29) is 12.6 Å². The molecule has 1 atom stereocenters. The van der Waals surface area contributed by atoms with Crippen molar-refractivity contribution in [1.29, 1.82) is 0 Å². The molecule has 0 spiro atoms. The van der Waals surface area contributed by atoms with Crippen molar-refractivity contribution in [3.63, 3.8) is 0 Å². The van der Waals surface area contributed by atoms with Crippen LogP contribution in [-0.4, -0.2) is 18.3 Å². The molecule has 3 heteroatoms. The van der Waals surface area contributed by atoms with Crippen molar-refractivity contribution < 1.29 is 5.11 Å². The Bertz CT molecular complexity index is 312. The molecule has 1 aliphatic rings. The van der Waals surface area contributed by atoms with Crippen molar-refractivity contribution in [3.8, 4) is 0 Å². The first kappa shape index (κ1) is 8.53. The Labute approximate surface area is 77.6 Å². The van der Waals surface area contributed by atoms with Gasteiger partial charge in [-0.2, -0.15) is 0 Å². The first-order chi connectivity index (χ1) is 6.33. The molecule has 0 bridgehead atoms. The van der Waals surface area contributed by atoms with Gasteiger partial charge in [0.15, 0.2) is 0 Å². The second-order valence-corrected chi connectivity index (χ2v) is 3.35. The normalized spacial score (nSPS) is 21.2. The maximum absolute atomic E-state index is 9.13. The molecule has 1 aromatic rings. The van der Waals surface area contributed by atoms with E-state index in [1.54, 1.807) is 0 Å². The van der Waals surface area contributed by atoms with Gasteiger partial charge >= 0.3 is 0 Å². The Hall–Kier alpha value is -1.06. The van der Waals surface area contributed by atoms with E-state index in [1.165, 1.54) is 5.56 Å². The molecule has 2 rings (SSSR count). The minimum absolute atomic E-state index is 0.0623. The summed E-state index contributed by atoms with van der Waals surface area (Å²) >= 11 is 0. The molecule has 0 amide bonds. The van der Waals surface area contributed by atoms with Crippen molar-refractivity contribution in [1.82, 2.24) is 5.32 Å². The Morgan fingerprint density at radius 3 is 3.15 bits per heavy atom. The van der Waals surface area contributed by atoms with Gasteiger partial charge in [0.2, 0.25) is 0 Å². The van der Waals surface area contributed by atoms with Crippen LogP contribution in [0.3, 0.4) is 0 Å². The molecular weight excluding hydrogens is 164 g/mol. The summed E-state index contributed by atoms with van der Waals surface area (Å²) in [5.74, 6) is 0. The third kappa shape index (κ3) is 1.41. The van der Waals surface area contributed by atoms with Crippen LogP contribution in [0.25, 0.3) is 0 Å². The van der Waals surface area contributed by atoms with Crippen molar-refractivity contribution in [2.24, 2.45) is 0 Å². The van der Waals surface area contributed by atoms with E-state index in [0.29, 0.717) is 0 Å². The zero-order valence-corrected chi connectivity index (χ0v) is 7.46. The quantitative estimate of drug-likeness (QED) is 0.547. The second kappa shape index (κ2) is 3.36. The summed E-state index contributed by atoms with van der Waals surface area (Å²) in [7, 11) is 0. The van der Waals surface area contributed by atoms with Gasteiger partial charge in [0.25, 0.3) is 0 Å². The molecule has 0 aromatic heterocycles. The van der Waals surface area contributed by atoms with Crippen molar-refractivity contribution in [2.45, 2.75) is 12.5 Å². The average Bonchev–Trinajstić information content (AvgIpc) is 2.18. The molecule has 1 heterocycles. The summed E-state index contributed by atoms with van der Waals surface area (Å²) in [6.07, 6.45) is 0.957. The number of anilines is 1. The molecule has 1 aromatic carbocycles. The van der Waals surface area contributed by atoms with E-state index in [4.69, 9.17) is 10.8 Å². The van der Waals surface area contributed by atoms with Gasteiger partial charge in [0.05, 0.1) is 12.6 Å². The average molecular weight is 178 g/mol. The van der Waals surface area contributed by atoms with Gasteiger partial charge in [0, 0.05) is 5.69 Å². The van der Waals surface area contributed by atoms with Crippen LogP contribution in [0, 0.1) is 0 Å². The summed E-state index contributed by atoms with van der Waals surface area (Å²) in [5, 5.41) is 12.4. The number of nitrogens with one attached hydrogen (secondary N) is 1. The first-order valence-corrected chi connectivity index (χ1v) is 4.54. The van der Waals surface area contributed by atoms with Gasteiger partial charge in [-0.15, -0.1) is 0 Å². The summed E-state index contributed by atoms with van der Waals surface area (Å²) < 4.78 is 0. The molecule has 0 saturated heterocycles. The molecule has 1 aliphatic heterocycles. The van der Waals surface area contributed by atoms with E-state index >= 15 is 0 Å². The zero-order chi connectivity index (χ0) is 9.26. The molecule has 0 radical (unpaired) electrons. The van der Waals surface area contributed by atoms with Gasteiger partial charge in [-0.05, 0) is 30.2 Å².